The SMILES string of the molecule is COc1ccccc1CCNC(=O)C(=O)Nc1ccccc1C(C)C. The van der Waals surface area contributed by atoms with Crippen molar-refractivity contribution in [3.63, 3.8) is 0 Å². The number of carbonyl (C=O) groups excluding carboxylic acids is 2. The van der Waals surface area contributed by atoms with Gasteiger partial charge in [-0.2, -0.15) is 0 Å². The van der Waals surface area contributed by atoms with Crippen LogP contribution in [0, 0.1) is 0 Å². The Labute approximate surface area is 148 Å². The van der Waals surface area contributed by atoms with Gasteiger partial charge in [-0.1, -0.05) is 50.2 Å². The van der Waals surface area contributed by atoms with Crippen LogP contribution in [0.3, 0.4) is 0 Å². The molecule has 5 heteroatoms. The Bertz CT molecular complexity index is 741. The molecule has 2 N–H and O–H groups in total. The summed E-state index contributed by atoms with van der Waals surface area (Å²) in [6.07, 6.45) is 0.589. The Kier molecular flexibility index (Phi) is 6.57. The molecule has 0 aliphatic heterocycles. The summed E-state index contributed by atoms with van der Waals surface area (Å²) in [6.45, 7) is 4.44. The number of benzene rings is 2. The van der Waals surface area contributed by atoms with Gasteiger partial charge in [-0.25, -0.2) is 0 Å². The van der Waals surface area contributed by atoms with Crippen molar-refractivity contribution in [1.29, 1.82) is 0 Å². The van der Waals surface area contributed by atoms with Gasteiger partial charge in [0, 0.05) is 12.2 Å². The molecule has 5 nitrogen and oxygen atoms in total. The molecule has 2 aromatic rings. The first-order valence-corrected chi connectivity index (χ1v) is 8.33. The summed E-state index contributed by atoms with van der Waals surface area (Å²) in [6, 6.07) is 15.1. The van der Waals surface area contributed by atoms with Crippen molar-refractivity contribution in [2.75, 3.05) is 19.0 Å². The van der Waals surface area contributed by atoms with Gasteiger partial charge in [-0.3, -0.25) is 9.59 Å². The number of nitrogens with one attached hydrogen (secondary N) is 2. The summed E-state index contributed by atoms with van der Waals surface area (Å²) in [7, 11) is 1.61. The van der Waals surface area contributed by atoms with Gasteiger partial charge in [0.05, 0.1) is 7.11 Å². The van der Waals surface area contributed by atoms with Crippen LogP contribution in [0.25, 0.3) is 0 Å². The molecule has 2 rings (SSSR count). The molecule has 0 saturated heterocycles. The Morgan fingerprint density at radius 2 is 1.68 bits per heavy atom. The number of hydrogen-bond acceptors (Lipinski definition) is 3. The highest BCUT2D eigenvalue weighted by Crippen LogP contribution is 2.23. The Morgan fingerprint density at radius 3 is 2.40 bits per heavy atom. The van der Waals surface area contributed by atoms with E-state index in [1.807, 2.05) is 56.3 Å². The van der Waals surface area contributed by atoms with Gasteiger partial charge in [0.2, 0.25) is 0 Å². The standard InChI is InChI=1S/C20H24N2O3/c1-14(2)16-9-5-6-10-17(16)22-20(24)19(23)21-13-12-15-8-4-7-11-18(15)25-3/h4-11,14H,12-13H2,1-3H3,(H,21,23)(H,22,24). The van der Waals surface area contributed by atoms with Crippen molar-refractivity contribution < 1.29 is 14.3 Å². The van der Waals surface area contributed by atoms with Gasteiger partial charge in [0.15, 0.2) is 0 Å². The van der Waals surface area contributed by atoms with Crippen molar-refractivity contribution in [2.45, 2.75) is 26.2 Å². The lowest BCUT2D eigenvalue weighted by molar-refractivity contribution is -0.136. The normalized spacial score (nSPS) is 10.4. The molecule has 132 valence electrons. The van der Waals surface area contributed by atoms with Crippen molar-refractivity contribution in [1.82, 2.24) is 5.32 Å². The molecular formula is C20H24N2O3. The summed E-state index contributed by atoms with van der Waals surface area (Å²) in [4.78, 5) is 24.1. The van der Waals surface area contributed by atoms with Gasteiger partial charge in [-0.05, 0) is 35.6 Å². The minimum atomic E-state index is -0.659. The van der Waals surface area contributed by atoms with E-state index in [-0.39, 0.29) is 5.92 Å². The second kappa shape index (κ2) is 8.87. The first kappa shape index (κ1) is 18.5. The van der Waals surface area contributed by atoms with E-state index in [0.717, 1.165) is 16.9 Å². The molecule has 0 radical (unpaired) electrons. The molecule has 25 heavy (non-hydrogen) atoms. The van der Waals surface area contributed by atoms with E-state index in [9.17, 15) is 9.59 Å². The largest absolute Gasteiger partial charge is 0.496 e. The number of amides is 2. The molecule has 0 aliphatic carbocycles. The predicted octanol–water partition coefficient (Wildman–Crippen LogP) is 3.12. The van der Waals surface area contributed by atoms with E-state index in [1.54, 1.807) is 13.2 Å². The second-order valence-corrected chi connectivity index (χ2v) is 6.01. The Balaban J connectivity index is 1.90. The lowest BCUT2D eigenvalue weighted by Gasteiger charge is -2.13. The minimum Gasteiger partial charge on any atom is -0.496 e. The van der Waals surface area contributed by atoms with E-state index < -0.39 is 11.8 Å². The van der Waals surface area contributed by atoms with E-state index in [2.05, 4.69) is 10.6 Å². The highest BCUT2D eigenvalue weighted by Gasteiger charge is 2.16. The average Bonchev–Trinajstić information content (AvgIpc) is 2.62. The molecule has 0 atom stereocenters. The van der Waals surface area contributed by atoms with Crippen molar-refractivity contribution in [3.05, 3.63) is 59.7 Å². The topological polar surface area (TPSA) is 67.4 Å². The fraction of sp³-hybridized carbons (Fsp3) is 0.300. The van der Waals surface area contributed by atoms with Crippen molar-refractivity contribution in [2.24, 2.45) is 0 Å². The van der Waals surface area contributed by atoms with Crippen molar-refractivity contribution in [3.8, 4) is 5.75 Å². The molecular weight excluding hydrogens is 316 g/mol. The van der Waals surface area contributed by atoms with Gasteiger partial charge in [0.25, 0.3) is 0 Å². The van der Waals surface area contributed by atoms with Crippen LogP contribution in [-0.2, 0) is 16.0 Å². The highest BCUT2D eigenvalue weighted by atomic mass is 16.5. The van der Waals surface area contributed by atoms with Crippen LogP contribution in [-0.4, -0.2) is 25.5 Å². The number of ether oxygens (including phenoxy) is 1. The van der Waals surface area contributed by atoms with E-state index >= 15 is 0 Å². The molecule has 0 saturated carbocycles. The molecule has 2 aromatic carbocycles. The molecule has 0 heterocycles. The lowest BCUT2D eigenvalue weighted by atomic mass is 10.0. The molecule has 0 aromatic heterocycles. The summed E-state index contributed by atoms with van der Waals surface area (Å²) in [5.41, 5.74) is 2.65. The number of rotatable bonds is 6. The maximum Gasteiger partial charge on any atom is 0.313 e. The third-order valence-electron chi connectivity index (χ3n) is 3.91. The lowest BCUT2D eigenvalue weighted by Crippen LogP contribution is -2.36. The first-order valence-electron chi connectivity index (χ1n) is 8.33. The molecule has 0 fully saturated rings. The van der Waals surface area contributed by atoms with Crippen LogP contribution in [0.15, 0.2) is 48.5 Å². The fourth-order valence-electron chi connectivity index (χ4n) is 2.59. The van der Waals surface area contributed by atoms with Gasteiger partial charge >= 0.3 is 11.8 Å². The molecule has 0 spiro atoms. The smallest absolute Gasteiger partial charge is 0.313 e. The maximum atomic E-state index is 12.1. The zero-order chi connectivity index (χ0) is 18.2. The van der Waals surface area contributed by atoms with E-state index in [1.165, 1.54) is 0 Å². The highest BCUT2D eigenvalue weighted by molar-refractivity contribution is 6.39. The van der Waals surface area contributed by atoms with Crippen LogP contribution in [0.1, 0.15) is 30.9 Å². The quantitative estimate of drug-likeness (QED) is 0.794. The summed E-state index contributed by atoms with van der Waals surface area (Å²) < 4.78 is 5.27. The van der Waals surface area contributed by atoms with Crippen LogP contribution in [0.5, 0.6) is 5.75 Å². The Hall–Kier alpha value is -2.82. The first-order chi connectivity index (χ1) is 12.0. The fourth-order valence-corrected chi connectivity index (χ4v) is 2.59. The van der Waals surface area contributed by atoms with Gasteiger partial charge < -0.3 is 15.4 Å². The number of hydrogen-bond donors (Lipinski definition) is 2. The van der Waals surface area contributed by atoms with Gasteiger partial charge in [0.1, 0.15) is 5.75 Å². The van der Waals surface area contributed by atoms with Crippen molar-refractivity contribution >= 4 is 17.5 Å². The maximum absolute atomic E-state index is 12.1. The number of anilines is 1. The zero-order valence-electron chi connectivity index (χ0n) is 14.8. The zero-order valence-corrected chi connectivity index (χ0v) is 14.8. The number of para-hydroxylation sites is 2. The monoisotopic (exact) mass is 340 g/mol. The minimum absolute atomic E-state index is 0.255. The third-order valence-corrected chi connectivity index (χ3v) is 3.91. The summed E-state index contributed by atoms with van der Waals surface area (Å²) >= 11 is 0. The summed E-state index contributed by atoms with van der Waals surface area (Å²) in [5.74, 6) is -0.279. The molecule has 2 amide bonds. The van der Waals surface area contributed by atoms with E-state index in [4.69, 9.17) is 4.74 Å². The van der Waals surface area contributed by atoms with Crippen LogP contribution < -0.4 is 15.4 Å². The Morgan fingerprint density at radius 1 is 1.00 bits per heavy atom. The van der Waals surface area contributed by atoms with Crippen LogP contribution in [0.4, 0.5) is 5.69 Å². The summed E-state index contributed by atoms with van der Waals surface area (Å²) in [5, 5.41) is 5.33. The van der Waals surface area contributed by atoms with Gasteiger partial charge in [-0.15, -0.1) is 0 Å². The molecule has 0 unspecified atom stereocenters. The average molecular weight is 340 g/mol. The second-order valence-electron chi connectivity index (χ2n) is 6.01. The predicted molar refractivity (Wildman–Crippen MR) is 98.9 cm³/mol. The van der Waals surface area contributed by atoms with Crippen LogP contribution in [0.2, 0.25) is 0 Å². The van der Waals surface area contributed by atoms with E-state index in [0.29, 0.717) is 18.7 Å². The van der Waals surface area contributed by atoms with Crippen LogP contribution >= 0.6 is 0 Å². The third kappa shape index (κ3) is 5.08. The number of carbonyl (C=O) groups is 2. The number of methoxy groups -OCH3 is 1. The molecule has 0 bridgehead atoms. The molecule has 0 aliphatic rings.